The Balaban J connectivity index is 2.89. The molecule has 0 amide bonds. The average Bonchev–Trinajstić information content (AvgIpc) is 2.70. The molecular weight excluding hydrogens is 442 g/mol. The summed E-state index contributed by atoms with van der Waals surface area (Å²) in [5.41, 5.74) is 1.35. The molecule has 1 nitrogen and oxygen atoms in total. The Labute approximate surface area is 189 Å². The number of phenolic OH excluding ortho intramolecular Hbond substituents is 1. The quantitative estimate of drug-likeness (QED) is 0.204. The number of aromatic hydroxyl groups is 1. The molecule has 0 aliphatic carbocycles. The minimum absolute atomic E-state index is 0.00516. The first-order valence-corrected chi connectivity index (χ1v) is 11.7. The molecule has 7 heteroatoms. The van der Waals surface area contributed by atoms with Crippen LogP contribution in [0.4, 0.5) is 22.0 Å². The zero-order valence-electron chi connectivity index (χ0n) is 19.9. The minimum Gasteiger partial charge on any atom is -0.507 e. The van der Waals surface area contributed by atoms with Crippen LogP contribution in [-0.2, 0) is 16.0 Å². The zero-order chi connectivity index (χ0) is 24.8. The highest BCUT2D eigenvalue weighted by Crippen LogP contribution is 2.53. The summed E-state index contributed by atoms with van der Waals surface area (Å²) in [6, 6.07) is 3.74. The predicted octanol–water partition coefficient (Wildman–Crippen LogP) is 7.70. The summed E-state index contributed by atoms with van der Waals surface area (Å²) < 4.78 is 70.6. The largest absolute Gasteiger partial charge is 0.507 e. The van der Waals surface area contributed by atoms with Gasteiger partial charge in [0, 0.05) is 10.7 Å². The monoisotopic (exact) mass is 474 g/mol. The fourth-order valence-electron chi connectivity index (χ4n) is 3.83. The van der Waals surface area contributed by atoms with Gasteiger partial charge < -0.3 is 5.11 Å². The van der Waals surface area contributed by atoms with Gasteiger partial charge in [-0.3, -0.25) is 0 Å². The maximum atomic E-state index is 14.6. The van der Waals surface area contributed by atoms with Crippen LogP contribution in [0.3, 0.4) is 0 Å². The summed E-state index contributed by atoms with van der Waals surface area (Å²) in [4.78, 5) is 0. The van der Waals surface area contributed by atoms with Crippen LogP contribution in [0.2, 0.25) is 0 Å². The normalized spacial score (nSPS) is 13.4. The Morgan fingerprint density at radius 2 is 1.09 bits per heavy atom. The summed E-state index contributed by atoms with van der Waals surface area (Å²) in [7, 11) is -0.771. The van der Waals surface area contributed by atoms with Gasteiger partial charge in [-0.15, -0.1) is 0 Å². The predicted molar refractivity (Wildman–Crippen MR) is 122 cm³/mol. The molecule has 0 saturated heterocycles. The van der Waals surface area contributed by atoms with Gasteiger partial charge in [0.1, 0.15) is 5.75 Å². The van der Waals surface area contributed by atoms with Crippen molar-refractivity contribution in [3.8, 4) is 5.75 Å². The highest BCUT2D eigenvalue weighted by atomic mass is 31.1. The van der Waals surface area contributed by atoms with E-state index >= 15 is 0 Å². The summed E-state index contributed by atoms with van der Waals surface area (Å²) in [6.07, 6.45) is 0.679. The van der Waals surface area contributed by atoms with Gasteiger partial charge in [-0.05, 0) is 34.8 Å². The van der Waals surface area contributed by atoms with Gasteiger partial charge >= 0.3 is 0 Å². The van der Waals surface area contributed by atoms with Crippen LogP contribution < -0.4 is 5.30 Å². The third-order valence-electron chi connectivity index (χ3n) is 6.08. The molecule has 1 atom stereocenters. The third-order valence-corrected chi connectivity index (χ3v) is 8.22. The molecule has 0 spiro atoms. The zero-order valence-corrected chi connectivity index (χ0v) is 20.9. The molecule has 0 aromatic heterocycles. The lowest BCUT2D eigenvalue weighted by Crippen LogP contribution is -2.28. The van der Waals surface area contributed by atoms with E-state index in [9.17, 15) is 27.1 Å². The fourth-order valence-corrected chi connectivity index (χ4v) is 5.43. The highest BCUT2D eigenvalue weighted by Gasteiger charge is 2.38. The molecule has 32 heavy (non-hydrogen) atoms. The highest BCUT2D eigenvalue weighted by molar-refractivity contribution is 7.48. The molecule has 0 aliphatic heterocycles. The molecule has 1 N–H and O–H groups in total. The van der Waals surface area contributed by atoms with Gasteiger partial charge in [0.25, 0.3) is 0 Å². The molecule has 0 bridgehead atoms. The number of hydrogen-bond acceptors (Lipinski definition) is 1. The molecule has 2 aromatic carbocycles. The molecule has 0 heterocycles. The van der Waals surface area contributed by atoms with Crippen molar-refractivity contribution in [1.29, 1.82) is 0 Å². The van der Waals surface area contributed by atoms with E-state index in [4.69, 9.17) is 0 Å². The Bertz CT molecular complexity index is 986. The van der Waals surface area contributed by atoms with E-state index < -0.39 is 53.5 Å². The van der Waals surface area contributed by atoms with Crippen LogP contribution in [-0.4, -0.2) is 5.11 Å². The van der Waals surface area contributed by atoms with E-state index in [0.717, 1.165) is 5.56 Å². The lowest BCUT2D eigenvalue weighted by atomic mass is 9.76. The van der Waals surface area contributed by atoms with Crippen molar-refractivity contribution in [2.24, 2.45) is 0 Å². The molecule has 0 fully saturated rings. The summed E-state index contributed by atoms with van der Waals surface area (Å²) >= 11 is 0. The van der Waals surface area contributed by atoms with Gasteiger partial charge in [-0.2, -0.15) is 0 Å². The van der Waals surface area contributed by atoms with Crippen LogP contribution in [0.1, 0.15) is 84.9 Å². The van der Waals surface area contributed by atoms with Crippen LogP contribution in [0.15, 0.2) is 12.1 Å². The van der Waals surface area contributed by atoms with Crippen molar-refractivity contribution >= 4 is 13.9 Å². The first-order chi connectivity index (χ1) is 14.5. The topological polar surface area (TPSA) is 20.2 Å². The maximum absolute atomic E-state index is 14.6. The van der Waals surface area contributed by atoms with Crippen LogP contribution in [0.5, 0.6) is 5.75 Å². The fraction of sp³-hybridized carbons (Fsp3) is 0.520. The van der Waals surface area contributed by atoms with Crippen LogP contribution in [0.25, 0.3) is 0 Å². The lowest BCUT2D eigenvalue weighted by Gasteiger charge is -2.37. The Hall–Kier alpha value is -1.68. The summed E-state index contributed by atoms with van der Waals surface area (Å²) in [5.74, 6) is -9.68. The first kappa shape index (κ1) is 26.6. The molecule has 0 aliphatic rings. The molecule has 2 aromatic rings. The number of rotatable bonds is 5. The van der Waals surface area contributed by atoms with Crippen molar-refractivity contribution in [3.63, 3.8) is 0 Å². The van der Waals surface area contributed by atoms with E-state index in [1.807, 2.05) is 53.7 Å². The standard InChI is InChI=1S/C25H32F5OP/c1-9-25(10-2,32-22-19(29)17(27)16(26)18(28)20(22)30)15-12-13(23(3,4)5)11-14(21(15)31)24(6,7)8/h11-12,31-32H,9-10H2,1-8H3. The second-order valence-electron chi connectivity index (χ2n) is 10.3. The van der Waals surface area contributed by atoms with Crippen molar-refractivity contribution < 1.29 is 27.1 Å². The van der Waals surface area contributed by atoms with Crippen molar-refractivity contribution in [2.45, 2.75) is 84.2 Å². The second kappa shape index (κ2) is 8.93. The molecule has 1 unspecified atom stereocenters. The summed E-state index contributed by atoms with van der Waals surface area (Å²) in [5, 5.41) is 9.45. The summed E-state index contributed by atoms with van der Waals surface area (Å²) in [6.45, 7) is 15.5. The van der Waals surface area contributed by atoms with Crippen molar-refractivity contribution in [1.82, 2.24) is 0 Å². The number of hydrogen-bond donors (Lipinski definition) is 1. The molecule has 2 rings (SSSR count). The second-order valence-corrected chi connectivity index (χ2v) is 12.0. The molecular formula is C25H32F5OP. The Morgan fingerprint density at radius 1 is 0.688 bits per heavy atom. The van der Waals surface area contributed by atoms with E-state index in [0.29, 0.717) is 24.0 Å². The molecule has 0 saturated carbocycles. The van der Waals surface area contributed by atoms with Gasteiger partial charge in [0.05, 0.1) is 5.30 Å². The SMILES string of the molecule is CCC(CC)(Pc1c(F)c(F)c(F)c(F)c1F)c1cc(C(C)(C)C)cc(C(C)(C)C)c1O. The van der Waals surface area contributed by atoms with Gasteiger partial charge in [-0.25, -0.2) is 22.0 Å². The van der Waals surface area contributed by atoms with Crippen molar-refractivity contribution in [3.05, 3.63) is 57.9 Å². The van der Waals surface area contributed by atoms with Crippen LogP contribution in [0, 0.1) is 29.1 Å². The number of phenols is 1. The van der Waals surface area contributed by atoms with Gasteiger partial charge in [0.2, 0.25) is 5.82 Å². The van der Waals surface area contributed by atoms with Gasteiger partial charge in [-0.1, -0.05) is 76.1 Å². The van der Waals surface area contributed by atoms with E-state index in [2.05, 4.69) is 0 Å². The molecule has 0 radical (unpaired) electrons. The number of halogens is 5. The smallest absolute Gasteiger partial charge is 0.200 e. The third kappa shape index (κ3) is 4.66. The maximum Gasteiger partial charge on any atom is 0.200 e. The average molecular weight is 474 g/mol. The van der Waals surface area contributed by atoms with E-state index in [1.54, 1.807) is 13.8 Å². The minimum atomic E-state index is -2.17. The Morgan fingerprint density at radius 3 is 1.47 bits per heavy atom. The van der Waals surface area contributed by atoms with E-state index in [-0.39, 0.29) is 11.2 Å². The molecule has 178 valence electrons. The number of benzene rings is 2. The Kier molecular flexibility index (Phi) is 7.41. The van der Waals surface area contributed by atoms with E-state index in [1.165, 1.54) is 0 Å². The van der Waals surface area contributed by atoms with Gasteiger partial charge in [0.15, 0.2) is 23.3 Å². The lowest BCUT2D eigenvalue weighted by molar-refractivity contribution is 0.384. The first-order valence-electron chi connectivity index (χ1n) is 10.7. The van der Waals surface area contributed by atoms with Crippen molar-refractivity contribution in [2.75, 3.05) is 0 Å². The van der Waals surface area contributed by atoms with Crippen LogP contribution >= 0.6 is 8.58 Å².